The van der Waals surface area contributed by atoms with E-state index in [1.165, 1.54) is 12.1 Å². The van der Waals surface area contributed by atoms with E-state index in [0.29, 0.717) is 5.69 Å². The number of anilines is 1. The Balaban J connectivity index is 2.86. The molecular weight excluding hydrogens is 249 g/mol. The monoisotopic (exact) mass is 267 g/mol. The van der Waals surface area contributed by atoms with Crippen LogP contribution in [0.3, 0.4) is 0 Å². The Bertz CT molecular complexity index is 491. The standard InChI is InChI=1S/C13H18FN3O2/c1-3-7(2)11(15)13(19)17-8-4-5-10(14)9(6-8)12(16)18/h4-7,11H,3,15H2,1-2H3,(H2,16,18)(H,17,19)/t7?,11-/m0/s1. The summed E-state index contributed by atoms with van der Waals surface area (Å²) >= 11 is 0. The van der Waals surface area contributed by atoms with Crippen LogP contribution in [0.4, 0.5) is 10.1 Å². The van der Waals surface area contributed by atoms with Gasteiger partial charge in [-0.2, -0.15) is 0 Å². The summed E-state index contributed by atoms with van der Waals surface area (Å²) in [5, 5.41) is 2.54. The van der Waals surface area contributed by atoms with Crippen molar-refractivity contribution >= 4 is 17.5 Å². The molecule has 0 radical (unpaired) electrons. The fourth-order valence-corrected chi connectivity index (χ4v) is 1.53. The van der Waals surface area contributed by atoms with E-state index in [0.717, 1.165) is 12.5 Å². The van der Waals surface area contributed by atoms with Crippen LogP contribution in [0.5, 0.6) is 0 Å². The lowest BCUT2D eigenvalue weighted by Crippen LogP contribution is -2.40. The number of hydrogen-bond donors (Lipinski definition) is 3. The largest absolute Gasteiger partial charge is 0.366 e. The zero-order valence-corrected chi connectivity index (χ0v) is 10.9. The normalized spacial score (nSPS) is 13.7. The van der Waals surface area contributed by atoms with Crippen LogP contribution >= 0.6 is 0 Å². The van der Waals surface area contributed by atoms with Crippen LogP contribution in [0.1, 0.15) is 30.6 Å². The highest BCUT2D eigenvalue weighted by Crippen LogP contribution is 2.15. The smallest absolute Gasteiger partial charge is 0.251 e. The van der Waals surface area contributed by atoms with Crippen molar-refractivity contribution in [2.45, 2.75) is 26.3 Å². The highest BCUT2D eigenvalue weighted by Gasteiger charge is 2.20. The quantitative estimate of drug-likeness (QED) is 0.748. The van der Waals surface area contributed by atoms with Crippen molar-refractivity contribution in [3.05, 3.63) is 29.6 Å². The molecule has 0 aromatic heterocycles. The van der Waals surface area contributed by atoms with Gasteiger partial charge >= 0.3 is 0 Å². The number of rotatable bonds is 5. The maximum atomic E-state index is 13.3. The number of carbonyl (C=O) groups excluding carboxylic acids is 2. The number of benzene rings is 1. The molecule has 0 saturated heterocycles. The number of halogens is 1. The third-order valence-electron chi connectivity index (χ3n) is 3.06. The summed E-state index contributed by atoms with van der Waals surface area (Å²) < 4.78 is 13.3. The second-order valence-electron chi connectivity index (χ2n) is 4.46. The Labute approximate surface area is 111 Å². The van der Waals surface area contributed by atoms with Crippen LogP contribution in [0.2, 0.25) is 0 Å². The lowest BCUT2D eigenvalue weighted by atomic mass is 9.99. The average molecular weight is 267 g/mol. The van der Waals surface area contributed by atoms with Gasteiger partial charge in [0.1, 0.15) is 5.82 Å². The molecule has 0 spiro atoms. The molecule has 6 heteroatoms. The highest BCUT2D eigenvalue weighted by molar-refractivity contribution is 5.98. The number of primary amides is 1. The summed E-state index contributed by atoms with van der Waals surface area (Å²) in [5.74, 6) is -1.97. The summed E-state index contributed by atoms with van der Waals surface area (Å²) in [5.41, 5.74) is 10.8. The van der Waals surface area contributed by atoms with E-state index in [9.17, 15) is 14.0 Å². The molecule has 19 heavy (non-hydrogen) atoms. The van der Waals surface area contributed by atoms with Crippen LogP contribution in [0, 0.1) is 11.7 Å². The molecule has 1 aromatic rings. The third-order valence-corrected chi connectivity index (χ3v) is 3.06. The second-order valence-corrected chi connectivity index (χ2v) is 4.46. The van der Waals surface area contributed by atoms with Gasteiger partial charge in [-0.15, -0.1) is 0 Å². The van der Waals surface area contributed by atoms with E-state index in [1.807, 2.05) is 13.8 Å². The molecular formula is C13H18FN3O2. The van der Waals surface area contributed by atoms with Crippen LogP contribution in [-0.4, -0.2) is 17.9 Å². The SMILES string of the molecule is CCC(C)[C@H](N)C(=O)Nc1ccc(F)c(C(N)=O)c1. The predicted octanol–water partition coefficient (Wildman–Crippen LogP) is 1.24. The first-order valence-corrected chi connectivity index (χ1v) is 6.02. The molecule has 5 nitrogen and oxygen atoms in total. The Morgan fingerprint density at radius 1 is 1.42 bits per heavy atom. The minimum Gasteiger partial charge on any atom is -0.366 e. The van der Waals surface area contributed by atoms with Crippen LogP contribution < -0.4 is 16.8 Å². The molecule has 1 rings (SSSR count). The molecule has 0 fully saturated rings. The first kappa shape index (κ1) is 15.1. The summed E-state index contributed by atoms with van der Waals surface area (Å²) in [7, 11) is 0. The minimum absolute atomic E-state index is 0.0241. The van der Waals surface area contributed by atoms with Crippen molar-refractivity contribution in [2.75, 3.05) is 5.32 Å². The molecule has 2 amide bonds. The summed E-state index contributed by atoms with van der Waals surface area (Å²) in [6.07, 6.45) is 0.768. The first-order valence-electron chi connectivity index (χ1n) is 6.02. The van der Waals surface area contributed by atoms with Crippen LogP contribution in [0.15, 0.2) is 18.2 Å². The zero-order chi connectivity index (χ0) is 14.6. The van der Waals surface area contributed by atoms with Crippen molar-refractivity contribution in [2.24, 2.45) is 17.4 Å². The highest BCUT2D eigenvalue weighted by atomic mass is 19.1. The predicted molar refractivity (Wildman–Crippen MR) is 71.0 cm³/mol. The van der Waals surface area contributed by atoms with E-state index < -0.39 is 17.8 Å². The molecule has 0 aliphatic rings. The molecule has 104 valence electrons. The average Bonchev–Trinajstić information content (AvgIpc) is 2.38. The van der Waals surface area contributed by atoms with Crippen LogP contribution in [0.25, 0.3) is 0 Å². The molecule has 0 aliphatic heterocycles. The van der Waals surface area contributed by atoms with Crippen molar-refractivity contribution < 1.29 is 14.0 Å². The molecule has 5 N–H and O–H groups in total. The van der Waals surface area contributed by atoms with Gasteiger partial charge in [0.2, 0.25) is 5.91 Å². The lowest BCUT2D eigenvalue weighted by Gasteiger charge is -2.17. The third kappa shape index (κ3) is 3.75. The lowest BCUT2D eigenvalue weighted by molar-refractivity contribution is -0.118. The summed E-state index contributed by atoms with van der Waals surface area (Å²) in [6.45, 7) is 3.80. The van der Waals surface area contributed by atoms with Gasteiger partial charge < -0.3 is 16.8 Å². The van der Waals surface area contributed by atoms with E-state index in [1.54, 1.807) is 0 Å². The molecule has 1 unspecified atom stereocenters. The number of carbonyl (C=O) groups is 2. The number of hydrogen-bond acceptors (Lipinski definition) is 3. The maximum Gasteiger partial charge on any atom is 0.251 e. The second kappa shape index (κ2) is 6.29. The molecule has 0 saturated carbocycles. The van der Waals surface area contributed by atoms with E-state index in [2.05, 4.69) is 5.32 Å². The Morgan fingerprint density at radius 3 is 2.58 bits per heavy atom. The van der Waals surface area contributed by atoms with Crippen molar-refractivity contribution in [1.29, 1.82) is 0 Å². The maximum absolute atomic E-state index is 13.3. The molecule has 0 bridgehead atoms. The van der Waals surface area contributed by atoms with Gasteiger partial charge in [-0.25, -0.2) is 4.39 Å². The number of amides is 2. The topological polar surface area (TPSA) is 98.2 Å². The number of nitrogens with one attached hydrogen (secondary N) is 1. The molecule has 2 atom stereocenters. The Hall–Kier alpha value is -1.95. The van der Waals surface area contributed by atoms with Crippen molar-refractivity contribution in [3.8, 4) is 0 Å². The van der Waals surface area contributed by atoms with Gasteiger partial charge in [0, 0.05) is 5.69 Å². The zero-order valence-electron chi connectivity index (χ0n) is 10.9. The fourth-order valence-electron chi connectivity index (χ4n) is 1.53. The van der Waals surface area contributed by atoms with Gasteiger partial charge in [-0.3, -0.25) is 9.59 Å². The van der Waals surface area contributed by atoms with Crippen molar-refractivity contribution in [1.82, 2.24) is 0 Å². The Kier molecular flexibility index (Phi) is 5.00. The minimum atomic E-state index is -0.889. The van der Waals surface area contributed by atoms with Gasteiger partial charge in [0.25, 0.3) is 5.91 Å². The van der Waals surface area contributed by atoms with E-state index >= 15 is 0 Å². The van der Waals surface area contributed by atoms with Gasteiger partial charge in [0.05, 0.1) is 11.6 Å². The molecule has 1 aromatic carbocycles. The van der Waals surface area contributed by atoms with E-state index in [-0.39, 0.29) is 17.4 Å². The number of nitrogens with two attached hydrogens (primary N) is 2. The first-order chi connectivity index (χ1) is 8.86. The Morgan fingerprint density at radius 2 is 2.05 bits per heavy atom. The van der Waals surface area contributed by atoms with Gasteiger partial charge in [-0.1, -0.05) is 20.3 Å². The summed E-state index contributed by atoms with van der Waals surface area (Å²) in [6, 6.07) is 2.96. The van der Waals surface area contributed by atoms with Gasteiger partial charge in [-0.05, 0) is 24.1 Å². The van der Waals surface area contributed by atoms with Crippen molar-refractivity contribution in [3.63, 3.8) is 0 Å². The van der Waals surface area contributed by atoms with Crippen LogP contribution in [-0.2, 0) is 4.79 Å². The molecule has 0 heterocycles. The van der Waals surface area contributed by atoms with Gasteiger partial charge in [0.15, 0.2) is 0 Å². The fraction of sp³-hybridized carbons (Fsp3) is 0.385. The summed E-state index contributed by atoms with van der Waals surface area (Å²) in [4.78, 5) is 22.8. The molecule has 0 aliphatic carbocycles. The van der Waals surface area contributed by atoms with E-state index in [4.69, 9.17) is 11.5 Å².